The number of fused-ring (bicyclic) bond motifs is 1. The molecule has 0 spiro atoms. The molecule has 0 saturated carbocycles. The van der Waals surface area contributed by atoms with Gasteiger partial charge < -0.3 is 9.73 Å². The molecule has 96 valence electrons. The maximum absolute atomic E-state index is 11.4. The van der Waals surface area contributed by atoms with Crippen LogP contribution >= 0.6 is 0 Å². The third-order valence-corrected chi connectivity index (χ3v) is 2.56. The Balaban J connectivity index is 2.02. The standard InChI is InChI=1S/C10H10N2O5S/c1-18(14,15)17-5-10(13)12-7-2-3-9-8(4-7)11-6-16-9/h2-4,6H,5H2,1H3,(H,12,13). The van der Waals surface area contributed by atoms with Gasteiger partial charge in [-0.25, -0.2) is 4.98 Å². The molecule has 0 saturated heterocycles. The number of hydrogen-bond acceptors (Lipinski definition) is 6. The van der Waals surface area contributed by atoms with Crippen LogP contribution in [0, 0.1) is 0 Å². The first-order valence-electron chi connectivity index (χ1n) is 4.91. The van der Waals surface area contributed by atoms with Gasteiger partial charge in [-0.05, 0) is 18.2 Å². The van der Waals surface area contributed by atoms with Crippen molar-refractivity contribution >= 4 is 32.8 Å². The van der Waals surface area contributed by atoms with Crippen LogP contribution in [0.3, 0.4) is 0 Å². The maximum Gasteiger partial charge on any atom is 0.264 e. The van der Waals surface area contributed by atoms with Gasteiger partial charge in [-0.2, -0.15) is 8.42 Å². The molecule has 1 aromatic carbocycles. The van der Waals surface area contributed by atoms with E-state index in [-0.39, 0.29) is 0 Å². The summed E-state index contributed by atoms with van der Waals surface area (Å²) in [5.41, 5.74) is 1.68. The van der Waals surface area contributed by atoms with Crippen LogP contribution in [-0.2, 0) is 19.1 Å². The van der Waals surface area contributed by atoms with Crippen molar-refractivity contribution in [3.63, 3.8) is 0 Å². The van der Waals surface area contributed by atoms with E-state index in [1.165, 1.54) is 6.39 Å². The lowest BCUT2D eigenvalue weighted by atomic mass is 10.3. The zero-order valence-corrected chi connectivity index (χ0v) is 10.2. The quantitative estimate of drug-likeness (QED) is 0.823. The number of rotatable bonds is 4. The molecule has 0 fully saturated rings. The number of benzene rings is 1. The van der Waals surface area contributed by atoms with Gasteiger partial charge in [0.25, 0.3) is 16.0 Å². The lowest BCUT2D eigenvalue weighted by Gasteiger charge is -2.04. The van der Waals surface area contributed by atoms with E-state index in [1.807, 2.05) is 0 Å². The highest BCUT2D eigenvalue weighted by Gasteiger charge is 2.09. The molecule has 1 aromatic heterocycles. The Morgan fingerprint density at radius 1 is 1.50 bits per heavy atom. The molecule has 0 atom stereocenters. The summed E-state index contributed by atoms with van der Waals surface area (Å²) in [6.07, 6.45) is 2.17. The fraction of sp³-hybridized carbons (Fsp3) is 0.200. The van der Waals surface area contributed by atoms with Gasteiger partial charge in [-0.3, -0.25) is 8.98 Å². The van der Waals surface area contributed by atoms with Crippen molar-refractivity contribution in [2.75, 3.05) is 18.2 Å². The van der Waals surface area contributed by atoms with Crippen molar-refractivity contribution < 1.29 is 21.8 Å². The Morgan fingerprint density at radius 3 is 3.00 bits per heavy atom. The molecule has 1 heterocycles. The molecule has 8 heteroatoms. The van der Waals surface area contributed by atoms with Crippen molar-refractivity contribution in [1.82, 2.24) is 4.98 Å². The Morgan fingerprint density at radius 2 is 2.28 bits per heavy atom. The Labute approximate surface area is 103 Å². The number of oxazole rings is 1. The van der Waals surface area contributed by atoms with E-state index in [4.69, 9.17) is 4.42 Å². The van der Waals surface area contributed by atoms with Gasteiger partial charge in [0.1, 0.15) is 12.1 Å². The predicted molar refractivity (Wildman–Crippen MR) is 63.4 cm³/mol. The molecule has 0 unspecified atom stereocenters. The van der Waals surface area contributed by atoms with Gasteiger partial charge in [-0.1, -0.05) is 0 Å². The lowest BCUT2D eigenvalue weighted by Crippen LogP contribution is -2.20. The molecule has 2 rings (SSSR count). The molecule has 0 aliphatic heterocycles. The van der Waals surface area contributed by atoms with Crippen LogP contribution in [0.1, 0.15) is 0 Å². The maximum atomic E-state index is 11.4. The second-order valence-corrected chi connectivity index (χ2v) is 5.19. The SMILES string of the molecule is CS(=O)(=O)OCC(=O)Nc1ccc2ocnc2c1. The van der Waals surface area contributed by atoms with Crippen LogP contribution in [0.2, 0.25) is 0 Å². The molecular formula is C10H10N2O5S. The molecular weight excluding hydrogens is 260 g/mol. The topological polar surface area (TPSA) is 98.5 Å². The van der Waals surface area contributed by atoms with Gasteiger partial charge in [0.2, 0.25) is 0 Å². The van der Waals surface area contributed by atoms with E-state index >= 15 is 0 Å². The van der Waals surface area contributed by atoms with Gasteiger partial charge in [0, 0.05) is 5.69 Å². The van der Waals surface area contributed by atoms with Crippen LogP contribution in [-0.4, -0.2) is 32.2 Å². The van der Waals surface area contributed by atoms with E-state index in [2.05, 4.69) is 14.5 Å². The van der Waals surface area contributed by atoms with Crippen molar-refractivity contribution in [3.05, 3.63) is 24.6 Å². The molecule has 0 bridgehead atoms. The minimum atomic E-state index is -3.63. The second kappa shape index (κ2) is 4.75. The van der Waals surface area contributed by atoms with Crippen LogP contribution in [0.15, 0.2) is 29.0 Å². The molecule has 1 N–H and O–H groups in total. The first kappa shape index (κ1) is 12.5. The fourth-order valence-electron chi connectivity index (χ4n) is 1.29. The van der Waals surface area contributed by atoms with Gasteiger partial charge in [0.15, 0.2) is 12.0 Å². The number of carbonyl (C=O) groups is 1. The van der Waals surface area contributed by atoms with Crippen LogP contribution in [0.25, 0.3) is 11.1 Å². The number of aromatic nitrogens is 1. The van der Waals surface area contributed by atoms with Crippen LogP contribution in [0.5, 0.6) is 0 Å². The molecule has 0 aliphatic rings. The monoisotopic (exact) mass is 270 g/mol. The van der Waals surface area contributed by atoms with E-state index in [0.717, 1.165) is 6.26 Å². The highest BCUT2D eigenvalue weighted by Crippen LogP contribution is 2.17. The van der Waals surface area contributed by atoms with E-state index in [0.29, 0.717) is 16.8 Å². The first-order chi connectivity index (χ1) is 8.44. The number of amides is 1. The normalized spacial score (nSPS) is 11.6. The Bertz CT molecular complexity index is 676. The molecule has 18 heavy (non-hydrogen) atoms. The number of carbonyl (C=O) groups excluding carboxylic acids is 1. The van der Waals surface area contributed by atoms with E-state index in [9.17, 15) is 13.2 Å². The summed E-state index contributed by atoms with van der Waals surface area (Å²) in [6, 6.07) is 4.87. The number of nitrogens with zero attached hydrogens (tertiary/aromatic N) is 1. The van der Waals surface area contributed by atoms with Crippen LogP contribution in [0.4, 0.5) is 5.69 Å². The van der Waals surface area contributed by atoms with E-state index in [1.54, 1.807) is 18.2 Å². The first-order valence-corrected chi connectivity index (χ1v) is 6.73. The van der Waals surface area contributed by atoms with Crippen molar-refractivity contribution in [2.45, 2.75) is 0 Å². The van der Waals surface area contributed by atoms with Gasteiger partial charge in [0.05, 0.1) is 6.26 Å². The summed E-state index contributed by atoms with van der Waals surface area (Å²) in [7, 11) is -3.63. The van der Waals surface area contributed by atoms with Crippen molar-refractivity contribution in [2.24, 2.45) is 0 Å². The van der Waals surface area contributed by atoms with E-state index < -0.39 is 22.6 Å². The molecule has 7 nitrogen and oxygen atoms in total. The minimum absolute atomic E-state index is 0.485. The summed E-state index contributed by atoms with van der Waals surface area (Å²) in [5.74, 6) is -0.566. The van der Waals surface area contributed by atoms with Gasteiger partial charge in [-0.15, -0.1) is 0 Å². The molecule has 2 aromatic rings. The molecule has 1 amide bonds. The number of nitrogens with one attached hydrogen (secondary N) is 1. The lowest BCUT2D eigenvalue weighted by molar-refractivity contribution is -0.118. The smallest absolute Gasteiger partial charge is 0.264 e. The summed E-state index contributed by atoms with van der Waals surface area (Å²) < 4.78 is 30.8. The Hall–Kier alpha value is -1.93. The number of hydrogen-bond donors (Lipinski definition) is 1. The fourth-order valence-corrected chi connectivity index (χ4v) is 1.61. The van der Waals surface area contributed by atoms with Crippen molar-refractivity contribution in [3.8, 4) is 0 Å². The van der Waals surface area contributed by atoms with Crippen molar-refractivity contribution in [1.29, 1.82) is 0 Å². The molecule has 0 aliphatic carbocycles. The average Bonchev–Trinajstić information content (AvgIpc) is 2.72. The minimum Gasteiger partial charge on any atom is -0.443 e. The second-order valence-electron chi connectivity index (χ2n) is 3.55. The average molecular weight is 270 g/mol. The zero-order chi connectivity index (χ0) is 13.2. The summed E-state index contributed by atoms with van der Waals surface area (Å²) in [6.45, 7) is -0.560. The Kier molecular flexibility index (Phi) is 3.30. The number of anilines is 1. The third-order valence-electron chi connectivity index (χ3n) is 2.02. The highest BCUT2D eigenvalue weighted by atomic mass is 32.2. The largest absolute Gasteiger partial charge is 0.443 e. The zero-order valence-electron chi connectivity index (χ0n) is 9.41. The summed E-state index contributed by atoms with van der Waals surface area (Å²) in [4.78, 5) is 15.3. The third kappa shape index (κ3) is 3.28. The van der Waals surface area contributed by atoms with Crippen LogP contribution < -0.4 is 5.32 Å². The summed E-state index contributed by atoms with van der Waals surface area (Å²) in [5, 5.41) is 2.49. The van der Waals surface area contributed by atoms with Gasteiger partial charge >= 0.3 is 0 Å². The summed E-state index contributed by atoms with van der Waals surface area (Å²) >= 11 is 0. The molecule has 0 radical (unpaired) electrons. The predicted octanol–water partition coefficient (Wildman–Crippen LogP) is 0.742. The highest BCUT2D eigenvalue weighted by molar-refractivity contribution is 7.86.